The summed E-state index contributed by atoms with van der Waals surface area (Å²) >= 11 is 0. The van der Waals surface area contributed by atoms with Crippen LogP contribution in [0.3, 0.4) is 0 Å². The van der Waals surface area contributed by atoms with E-state index in [9.17, 15) is 14.4 Å². The lowest BCUT2D eigenvalue weighted by molar-refractivity contribution is -0.122. The van der Waals surface area contributed by atoms with Gasteiger partial charge in [0.15, 0.2) is 11.5 Å². The number of hydrogen-bond acceptors (Lipinski definition) is 5. The van der Waals surface area contributed by atoms with E-state index in [1.165, 1.54) is 6.92 Å². The van der Waals surface area contributed by atoms with Gasteiger partial charge in [0.1, 0.15) is 13.2 Å². The van der Waals surface area contributed by atoms with E-state index in [-0.39, 0.29) is 24.1 Å². The zero-order valence-corrected chi connectivity index (χ0v) is 15.9. The molecule has 3 amide bonds. The molecule has 2 aromatic carbocycles. The molecule has 8 heteroatoms. The molecule has 8 nitrogen and oxygen atoms in total. The van der Waals surface area contributed by atoms with Crippen LogP contribution in [0.4, 0.5) is 17.1 Å². The van der Waals surface area contributed by atoms with Crippen molar-refractivity contribution in [3.05, 3.63) is 42.5 Å². The molecule has 1 unspecified atom stereocenters. The molecular weight excluding hydrogens is 374 g/mol. The summed E-state index contributed by atoms with van der Waals surface area (Å²) in [6, 6.07) is 12.2. The summed E-state index contributed by atoms with van der Waals surface area (Å²) < 4.78 is 11.1. The van der Waals surface area contributed by atoms with Crippen LogP contribution in [0.2, 0.25) is 0 Å². The topological polar surface area (TPSA) is 97.0 Å². The Morgan fingerprint density at radius 2 is 1.62 bits per heavy atom. The van der Waals surface area contributed by atoms with Crippen molar-refractivity contribution >= 4 is 34.8 Å². The van der Waals surface area contributed by atoms with Crippen LogP contribution in [0.1, 0.15) is 13.3 Å². The third-order valence-electron chi connectivity index (χ3n) is 4.81. The molecule has 0 bridgehead atoms. The van der Waals surface area contributed by atoms with Crippen LogP contribution in [-0.2, 0) is 14.4 Å². The number of carbonyl (C=O) groups is 3. The molecule has 4 rings (SSSR count). The average Bonchev–Trinajstić information content (AvgIpc) is 3.10. The summed E-state index contributed by atoms with van der Waals surface area (Å²) in [5.74, 6) is 0.321. The van der Waals surface area contributed by atoms with Crippen LogP contribution < -0.4 is 25.0 Å². The van der Waals surface area contributed by atoms with Crippen molar-refractivity contribution in [2.24, 2.45) is 5.92 Å². The lowest BCUT2D eigenvalue weighted by atomic mass is 10.1. The smallest absolute Gasteiger partial charge is 0.229 e. The highest BCUT2D eigenvalue weighted by Gasteiger charge is 2.35. The molecule has 0 saturated carbocycles. The second-order valence-corrected chi connectivity index (χ2v) is 6.98. The van der Waals surface area contributed by atoms with Crippen LogP contribution in [0, 0.1) is 5.92 Å². The maximum absolute atomic E-state index is 12.6. The van der Waals surface area contributed by atoms with E-state index >= 15 is 0 Å². The number of rotatable bonds is 4. The maximum Gasteiger partial charge on any atom is 0.229 e. The number of amides is 3. The Labute approximate surface area is 167 Å². The molecule has 2 aromatic rings. The molecule has 2 aliphatic heterocycles. The zero-order chi connectivity index (χ0) is 20.4. The Hall–Kier alpha value is -3.55. The first-order valence-electron chi connectivity index (χ1n) is 9.38. The van der Waals surface area contributed by atoms with Crippen molar-refractivity contribution in [2.45, 2.75) is 13.3 Å². The summed E-state index contributed by atoms with van der Waals surface area (Å²) in [7, 11) is 0. The second-order valence-electron chi connectivity index (χ2n) is 6.98. The number of benzene rings is 2. The third-order valence-corrected chi connectivity index (χ3v) is 4.81. The van der Waals surface area contributed by atoms with Crippen molar-refractivity contribution < 1.29 is 23.9 Å². The highest BCUT2D eigenvalue weighted by atomic mass is 16.6. The van der Waals surface area contributed by atoms with E-state index in [1.54, 1.807) is 47.4 Å². The van der Waals surface area contributed by atoms with Gasteiger partial charge in [0.25, 0.3) is 0 Å². The lowest BCUT2D eigenvalue weighted by Crippen LogP contribution is -2.28. The van der Waals surface area contributed by atoms with Gasteiger partial charge in [-0.05, 0) is 36.4 Å². The summed E-state index contributed by atoms with van der Waals surface area (Å²) in [6.45, 7) is 2.70. The predicted molar refractivity (Wildman–Crippen MR) is 107 cm³/mol. The molecule has 2 aliphatic rings. The standard InChI is InChI=1S/C21H21N3O5/c1-13(25)22-15-2-4-16(5-3-15)23-21(27)14-10-20(26)24(12-14)17-6-7-18-19(11-17)29-9-8-28-18/h2-7,11,14H,8-10,12H2,1H3,(H,22,25)(H,23,27). The Bertz CT molecular complexity index is 957. The number of anilines is 3. The molecule has 150 valence electrons. The van der Waals surface area contributed by atoms with Crippen LogP contribution >= 0.6 is 0 Å². The van der Waals surface area contributed by atoms with E-state index in [0.29, 0.717) is 48.3 Å². The van der Waals surface area contributed by atoms with Crippen molar-refractivity contribution in [2.75, 3.05) is 35.3 Å². The number of fused-ring (bicyclic) bond motifs is 1. The first-order valence-corrected chi connectivity index (χ1v) is 9.38. The minimum atomic E-state index is -0.453. The number of ether oxygens (including phenoxy) is 2. The molecule has 1 atom stereocenters. The van der Waals surface area contributed by atoms with Gasteiger partial charge in [0, 0.05) is 43.0 Å². The molecule has 0 aliphatic carbocycles. The predicted octanol–water partition coefficient (Wildman–Crippen LogP) is 2.41. The monoisotopic (exact) mass is 395 g/mol. The quantitative estimate of drug-likeness (QED) is 0.829. The molecule has 29 heavy (non-hydrogen) atoms. The minimum Gasteiger partial charge on any atom is -0.486 e. The van der Waals surface area contributed by atoms with E-state index < -0.39 is 5.92 Å². The zero-order valence-electron chi connectivity index (χ0n) is 15.9. The Balaban J connectivity index is 1.41. The highest BCUT2D eigenvalue weighted by molar-refractivity contribution is 6.03. The van der Waals surface area contributed by atoms with Crippen LogP contribution in [0.25, 0.3) is 0 Å². The van der Waals surface area contributed by atoms with Crippen LogP contribution in [0.15, 0.2) is 42.5 Å². The molecule has 0 spiro atoms. The summed E-state index contributed by atoms with van der Waals surface area (Å²) in [5, 5.41) is 5.50. The molecule has 1 saturated heterocycles. The molecule has 2 N–H and O–H groups in total. The third kappa shape index (κ3) is 4.16. The molecule has 2 heterocycles. The lowest BCUT2D eigenvalue weighted by Gasteiger charge is -2.22. The van der Waals surface area contributed by atoms with Crippen molar-refractivity contribution in [3.63, 3.8) is 0 Å². The van der Waals surface area contributed by atoms with Crippen molar-refractivity contribution in [1.29, 1.82) is 0 Å². The van der Waals surface area contributed by atoms with Gasteiger partial charge in [-0.25, -0.2) is 0 Å². The first kappa shape index (κ1) is 18.8. The second kappa shape index (κ2) is 7.83. The SMILES string of the molecule is CC(=O)Nc1ccc(NC(=O)C2CC(=O)N(c3ccc4c(c3)OCCO4)C2)cc1. The Morgan fingerprint density at radius 3 is 2.31 bits per heavy atom. The van der Waals surface area contributed by atoms with Gasteiger partial charge in [0.05, 0.1) is 5.92 Å². The summed E-state index contributed by atoms with van der Waals surface area (Å²) in [5.41, 5.74) is 1.94. The molecule has 1 fully saturated rings. The number of carbonyl (C=O) groups excluding carboxylic acids is 3. The van der Waals surface area contributed by atoms with Gasteiger partial charge in [-0.1, -0.05) is 0 Å². The van der Waals surface area contributed by atoms with E-state index in [2.05, 4.69) is 10.6 Å². The highest BCUT2D eigenvalue weighted by Crippen LogP contribution is 2.36. The number of nitrogens with zero attached hydrogens (tertiary/aromatic N) is 1. The van der Waals surface area contributed by atoms with E-state index in [1.807, 2.05) is 0 Å². The molecular formula is C21H21N3O5. The number of nitrogens with one attached hydrogen (secondary N) is 2. The van der Waals surface area contributed by atoms with Gasteiger partial charge in [-0.3, -0.25) is 14.4 Å². The van der Waals surface area contributed by atoms with Crippen molar-refractivity contribution in [1.82, 2.24) is 0 Å². The molecule has 0 radical (unpaired) electrons. The fraction of sp³-hybridized carbons (Fsp3) is 0.286. The summed E-state index contributed by atoms with van der Waals surface area (Å²) in [4.78, 5) is 37.8. The fourth-order valence-corrected chi connectivity index (χ4v) is 3.42. The van der Waals surface area contributed by atoms with Gasteiger partial charge >= 0.3 is 0 Å². The van der Waals surface area contributed by atoms with E-state index in [4.69, 9.17) is 9.47 Å². The first-order chi connectivity index (χ1) is 14.0. The minimum absolute atomic E-state index is 0.108. The Morgan fingerprint density at radius 1 is 0.966 bits per heavy atom. The average molecular weight is 395 g/mol. The number of hydrogen-bond donors (Lipinski definition) is 2. The van der Waals surface area contributed by atoms with Gasteiger partial charge in [-0.15, -0.1) is 0 Å². The molecule has 0 aromatic heterocycles. The van der Waals surface area contributed by atoms with Gasteiger partial charge in [-0.2, -0.15) is 0 Å². The normalized spacial score (nSPS) is 17.8. The van der Waals surface area contributed by atoms with E-state index in [0.717, 1.165) is 0 Å². The maximum atomic E-state index is 12.6. The van der Waals surface area contributed by atoms with Crippen LogP contribution in [-0.4, -0.2) is 37.5 Å². The largest absolute Gasteiger partial charge is 0.486 e. The van der Waals surface area contributed by atoms with Gasteiger partial charge < -0.3 is 25.0 Å². The summed E-state index contributed by atoms with van der Waals surface area (Å²) in [6.07, 6.45) is 0.143. The van der Waals surface area contributed by atoms with Gasteiger partial charge in [0.2, 0.25) is 17.7 Å². The fourth-order valence-electron chi connectivity index (χ4n) is 3.42. The van der Waals surface area contributed by atoms with Crippen LogP contribution in [0.5, 0.6) is 11.5 Å². The Kier molecular flexibility index (Phi) is 5.07. The van der Waals surface area contributed by atoms with Crippen molar-refractivity contribution in [3.8, 4) is 11.5 Å².